The molecule has 5 N–H and O–H groups in total. The highest BCUT2D eigenvalue weighted by molar-refractivity contribution is 6.17. The lowest BCUT2D eigenvalue weighted by Gasteiger charge is -2.37. The fourth-order valence-electron chi connectivity index (χ4n) is 6.73. The van der Waals surface area contributed by atoms with Crippen molar-refractivity contribution in [2.24, 2.45) is 0 Å². The number of nitrogens with zero attached hydrogens (tertiary/aromatic N) is 3. The number of anilines is 3. The number of phenols is 1. The summed E-state index contributed by atoms with van der Waals surface area (Å²) >= 11 is 0. The number of fused-ring (bicyclic) bond motifs is 2. The number of aromatic nitrogens is 1. The Kier molecular flexibility index (Phi) is 8.76. The number of nitrogen functional groups attached to an aromatic ring is 1. The number of ether oxygens (including phenoxy) is 1. The van der Waals surface area contributed by atoms with Crippen LogP contribution in [-0.2, 0) is 13.0 Å². The molecule has 2 heterocycles. The van der Waals surface area contributed by atoms with Crippen molar-refractivity contribution in [3.05, 3.63) is 144 Å². The van der Waals surface area contributed by atoms with Crippen LogP contribution in [-0.4, -0.2) is 57.3 Å². The summed E-state index contributed by atoms with van der Waals surface area (Å²) in [6.07, 6.45) is 0.990. The van der Waals surface area contributed by atoms with Gasteiger partial charge >= 0.3 is 6.09 Å². The normalized spacial score (nSPS) is 13.7. The molecule has 7 rings (SSSR count). The average Bonchev–Trinajstić information content (AvgIpc) is 3.54. The monoisotopic (exact) mass is 681 g/mol. The Labute approximate surface area is 293 Å². The van der Waals surface area contributed by atoms with E-state index in [0.29, 0.717) is 45.7 Å². The van der Waals surface area contributed by atoms with Crippen molar-refractivity contribution >= 4 is 45.9 Å². The Balaban J connectivity index is 1.38. The van der Waals surface area contributed by atoms with Gasteiger partial charge in [0.25, 0.3) is 11.8 Å². The van der Waals surface area contributed by atoms with Gasteiger partial charge in [-0.2, -0.15) is 0 Å². The number of benzene rings is 5. The number of phenolic OH excluding ortho intramolecular Hbond substituents is 1. The van der Waals surface area contributed by atoms with Crippen LogP contribution < -0.4 is 20.7 Å². The van der Waals surface area contributed by atoms with Gasteiger partial charge in [-0.05, 0) is 66.1 Å². The van der Waals surface area contributed by atoms with Crippen LogP contribution in [0.4, 0.5) is 21.9 Å². The third kappa shape index (κ3) is 6.28. The minimum Gasteiger partial charge on any atom is -0.508 e. The summed E-state index contributed by atoms with van der Waals surface area (Å²) in [5.74, 6) is -0.268. The lowest BCUT2D eigenvalue weighted by Crippen LogP contribution is -2.50. The van der Waals surface area contributed by atoms with Crippen LogP contribution in [0.3, 0.4) is 0 Å². The summed E-state index contributed by atoms with van der Waals surface area (Å²) in [7, 11) is 1.49. The van der Waals surface area contributed by atoms with Crippen LogP contribution in [0.2, 0.25) is 0 Å². The number of nitrogens with two attached hydrogens (primary N) is 1. The number of carbonyl (C=O) groups is 3. The molecule has 0 spiro atoms. The van der Waals surface area contributed by atoms with E-state index in [0.717, 1.165) is 11.1 Å². The first-order chi connectivity index (χ1) is 24.7. The molecule has 0 saturated carbocycles. The van der Waals surface area contributed by atoms with Crippen molar-refractivity contribution in [2.75, 3.05) is 24.3 Å². The van der Waals surface area contributed by atoms with Gasteiger partial charge in [-0.3, -0.25) is 14.5 Å². The highest BCUT2D eigenvalue weighted by Gasteiger charge is 2.33. The Morgan fingerprint density at radius 3 is 2.25 bits per heavy atom. The number of aromatic hydroxyl groups is 1. The summed E-state index contributed by atoms with van der Waals surface area (Å²) in [5.41, 5.74) is 11.6. The number of hydrogen-bond acceptors (Lipinski definition) is 6. The number of carboxylic acid groups (broad SMARTS) is 1. The maximum absolute atomic E-state index is 14.7. The molecule has 0 radical (unpaired) electrons. The number of hydrogen-bond donors (Lipinski definition) is 4. The molecule has 0 unspecified atom stereocenters. The topological polar surface area (TPSA) is 150 Å². The van der Waals surface area contributed by atoms with Gasteiger partial charge in [0.1, 0.15) is 11.5 Å². The standard InChI is InChI=1S/C40H35N5O6/c1-51-37-21-36(32(20-34(37)41)38(47)43-23-26-10-6-5-9-25(26)19-29(43)22-42-40(49)50)44-24-33(31-13-7-8-14-35(31)44)39(48)45(27-11-3-2-4-12-27)28-15-17-30(46)18-16-28/h2-18,20-21,24,29,42,46H,19,22-23,41H2,1H3,(H,49,50)/t29-/m0/s1. The number of rotatable bonds is 8. The molecule has 0 bridgehead atoms. The lowest BCUT2D eigenvalue weighted by atomic mass is 9.93. The second kappa shape index (κ2) is 13.6. The molecule has 1 aliphatic heterocycles. The Bertz CT molecular complexity index is 2270. The minimum absolute atomic E-state index is 0.0358. The highest BCUT2D eigenvalue weighted by atomic mass is 16.5. The summed E-state index contributed by atoms with van der Waals surface area (Å²) < 4.78 is 7.41. The fraction of sp³-hybridized carbons (Fsp3) is 0.125. The van der Waals surface area contributed by atoms with Crippen LogP contribution in [0.15, 0.2) is 121 Å². The third-order valence-corrected chi connectivity index (χ3v) is 9.21. The van der Waals surface area contributed by atoms with Gasteiger partial charge in [-0.15, -0.1) is 0 Å². The molecule has 0 fully saturated rings. The fourth-order valence-corrected chi connectivity index (χ4v) is 6.73. The zero-order chi connectivity index (χ0) is 35.6. The van der Waals surface area contributed by atoms with Gasteiger partial charge in [0, 0.05) is 42.1 Å². The third-order valence-electron chi connectivity index (χ3n) is 9.21. The number of para-hydroxylation sites is 2. The predicted molar refractivity (Wildman–Crippen MR) is 195 cm³/mol. The SMILES string of the molecule is COc1cc(-n2cc(C(=O)N(c3ccccc3)c3ccc(O)cc3)c3ccccc32)c(C(=O)N2Cc3ccccc3C[C@H]2CNC(=O)O)cc1N. The van der Waals surface area contributed by atoms with Gasteiger partial charge in [-0.1, -0.05) is 60.7 Å². The van der Waals surface area contributed by atoms with Crippen molar-refractivity contribution in [1.29, 1.82) is 0 Å². The molecule has 6 aromatic rings. The van der Waals surface area contributed by atoms with Gasteiger partial charge in [0.2, 0.25) is 0 Å². The average molecular weight is 682 g/mol. The zero-order valence-corrected chi connectivity index (χ0v) is 27.7. The first-order valence-electron chi connectivity index (χ1n) is 16.3. The largest absolute Gasteiger partial charge is 0.508 e. The van der Waals surface area contributed by atoms with Crippen LogP contribution >= 0.6 is 0 Å². The molecule has 1 aliphatic rings. The van der Waals surface area contributed by atoms with Gasteiger partial charge in [-0.25, -0.2) is 4.79 Å². The Hall–Kier alpha value is -6.75. The number of nitrogens with one attached hydrogen (secondary N) is 1. The molecule has 11 heteroatoms. The summed E-state index contributed by atoms with van der Waals surface area (Å²) in [6, 6.07) is 33.6. The van der Waals surface area contributed by atoms with Crippen LogP contribution in [0.1, 0.15) is 31.8 Å². The molecule has 3 amide bonds. The number of methoxy groups -OCH3 is 1. The molecule has 0 saturated heterocycles. The maximum atomic E-state index is 14.7. The Morgan fingerprint density at radius 1 is 0.863 bits per heavy atom. The van der Waals surface area contributed by atoms with E-state index in [9.17, 15) is 24.6 Å². The molecule has 1 aromatic heterocycles. The first kappa shape index (κ1) is 32.8. The van der Waals surface area contributed by atoms with E-state index in [1.54, 1.807) is 44.8 Å². The van der Waals surface area contributed by atoms with Gasteiger partial charge < -0.3 is 35.5 Å². The zero-order valence-electron chi connectivity index (χ0n) is 27.7. The number of carbonyl (C=O) groups excluding carboxylic acids is 2. The van der Waals surface area contributed by atoms with Crippen LogP contribution in [0, 0.1) is 0 Å². The van der Waals surface area contributed by atoms with E-state index >= 15 is 0 Å². The van der Waals surface area contributed by atoms with Crippen LogP contribution in [0.5, 0.6) is 11.5 Å². The Morgan fingerprint density at radius 2 is 1.53 bits per heavy atom. The predicted octanol–water partition coefficient (Wildman–Crippen LogP) is 6.74. The van der Waals surface area contributed by atoms with E-state index in [-0.39, 0.29) is 41.9 Å². The van der Waals surface area contributed by atoms with Crippen molar-refractivity contribution in [1.82, 2.24) is 14.8 Å². The van der Waals surface area contributed by atoms with Crippen molar-refractivity contribution in [2.45, 2.75) is 19.0 Å². The minimum atomic E-state index is -1.18. The second-order valence-electron chi connectivity index (χ2n) is 12.3. The second-order valence-corrected chi connectivity index (χ2v) is 12.3. The van der Waals surface area contributed by atoms with E-state index in [4.69, 9.17) is 10.5 Å². The number of amides is 3. The molecule has 1 atom stereocenters. The van der Waals surface area contributed by atoms with E-state index < -0.39 is 12.1 Å². The van der Waals surface area contributed by atoms with Crippen molar-refractivity contribution < 1.29 is 29.3 Å². The molecule has 11 nitrogen and oxygen atoms in total. The molecular weight excluding hydrogens is 646 g/mol. The van der Waals surface area contributed by atoms with E-state index in [2.05, 4.69) is 5.32 Å². The van der Waals surface area contributed by atoms with E-state index in [1.807, 2.05) is 78.9 Å². The van der Waals surface area contributed by atoms with E-state index in [1.165, 1.54) is 19.2 Å². The summed E-state index contributed by atoms with van der Waals surface area (Å²) in [5, 5.41) is 22.5. The van der Waals surface area contributed by atoms with Gasteiger partial charge in [0.15, 0.2) is 0 Å². The summed E-state index contributed by atoms with van der Waals surface area (Å²) in [6.45, 7) is 0.301. The lowest BCUT2D eigenvalue weighted by molar-refractivity contribution is 0.0637. The maximum Gasteiger partial charge on any atom is 0.404 e. The quantitative estimate of drug-likeness (QED) is 0.130. The molecule has 256 valence electrons. The summed E-state index contributed by atoms with van der Waals surface area (Å²) in [4.78, 5) is 44.2. The van der Waals surface area contributed by atoms with Crippen molar-refractivity contribution in [3.8, 4) is 17.2 Å². The molecule has 0 aliphatic carbocycles. The molecule has 51 heavy (non-hydrogen) atoms. The van der Waals surface area contributed by atoms with Gasteiger partial charge in [0.05, 0.1) is 41.2 Å². The molecule has 5 aromatic carbocycles. The van der Waals surface area contributed by atoms with Crippen molar-refractivity contribution in [3.63, 3.8) is 0 Å². The smallest absolute Gasteiger partial charge is 0.404 e. The molecular formula is C40H35N5O6. The first-order valence-corrected chi connectivity index (χ1v) is 16.3. The highest BCUT2D eigenvalue weighted by Crippen LogP contribution is 2.37. The van der Waals surface area contributed by atoms with Crippen LogP contribution in [0.25, 0.3) is 16.6 Å².